The molecule has 0 spiro atoms. The fourth-order valence-corrected chi connectivity index (χ4v) is 8.62. The van der Waals surface area contributed by atoms with Gasteiger partial charge in [-0.1, -0.05) is 20.8 Å². The number of hydrogen-bond acceptors (Lipinski definition) is 2. The second-order valence-electron chi connectivity index (χ2n) is 11.4. The highest BCUT2D eigenvalue weighted by Gasteiger charge is 2.64. The first kappa shape index (κ1) is 18.8. The molecule has 3 saturated carbocycles. The molecule has 1 amide bonds. The molecule has 3 nitrogen and oxygen atoms in total. The Balaban J connectivity index is 1.68. The lowest BCUT2D eigenvalue weighted by Crippen LogP contribution is -2.63. The van der Waals surface area contributed by atoms with Crippen LogP contribution in [0.25, 0.3) is 0 Å². The summed E-state index contributed by atoms with van der Waals surface area (Å²) in [6.45, 7) is 11.5. The third kappa shape index (κ3) is 2.38. The Morgan fingerprint density at radius 3 is 2.38 bits per heavy atom. The number of amides is 1. The minimum absolute atomic E-state index is 0.285. The van der Waals surface area contributed by atoms with Crippen molar-refractivity contribution in [3.8, 4) is 0 Å². The monoisotopic (exact) mass is 361 g/mol. The number of hydrogen-bond donors (Lipinski definition) is 1. The van der Waals surface area contributed by atoms with Crippen LogP contribution in [0.2, 0.25) is 0 Å². The first-order valence-corrected chi connectivity index (χ1v) is 11.0. The molecule has 148 valence electrons. The molecule has 1 heterocycles. The number of fused-ring (bicyclic) bond motifs is 5. The molecule has 26 heavy (non-hydrogen) atoms. The fraction of sp³-hybridized carbons (Fsp3) is 0.957. The van der Waals surface area contributed by atoms with E-state index in [0.29, 0.717) is 23.8 Å². The Bertz CT molecular complexity index is 596. The van der Waals surface area contributed by atoms with Crippen molar-refractivity contribution in [3.63, 3.8) is 0 Å². The van der Waals surface area contributed by atoms with Gasteiger partial charge in [0.2, 0.25) is 5.91 Å². The molecule has 0 bridgehead atoms. The van der Waals surface area contributed by atoms with E-state index in [9.17, 15) is 9.90 Å². The van der Waals surface area contributed by atoms with E-state index < -0.39 is 5.60 Å². The minimum Gasteiger partial charge on any atom is -0.390 e. The third-order valence-corrected chi connectivity index (χ3v) is 9.78. The van der Waals surface area contributed by atoms with Gasteiger partial charge in [-0.3, -0.25) is 4.79 Å². The van der Waals surface area contributed by atoms with Gasteiger partial charge in [0, 0.05) is 19.5 Å². The Morgan fingerprint density at radius 2 is 1.73 bits per heavy atom. The van der Waals surface area contributed by atoms with Gasteiger partial charge in [0.1, 0.15) is 0 Å². The Morgan fingerprint density at radius 1 is 1.08 bits per heavy atom. The molecular formula is C23H39NO2. The van der Waals surface area contributed by atoms with Crippen LogP contribution in [0.4, 0.5) is 0 Å². The molecule has 1 saturated heterocycles. The van der Waals surface area contributed by atoms with Crippen LogP contribution in [0.1, 0.15) is 79.6 Å². The maximum atomic E-state index is 12.3. The van der Waals surface area contributed by atoms with Crippen molar-refractivity contribution in [1.29, 1.82) is 0 Å². The average Bonchev–Trinajstić information content (AvgIpc) is 2.91. The van der Waals surface area contributed by atoms with Gasteiger partial charge in [0.25, 0.3) is 0 Å². The van der Waals surface area contributed by atoms with E-state index in [1.807, 2.05) is 20.9 Å². The summed E-state index contributed by atoms with van der Waals surface area (Å²) < 4.78 is 0. The van der Waals surface area contributed by atoms with Crippen molar-refractivity contribution >= 4 is 5.91 Å². The summed E-state index contributed by atoms with van der Waals surface area (Å²) in [4.78, 5) is 14.4. The van der Waals surface area contributed by atoms with Crippen LogP contribution in [0, 0.1) is 40.4 Å². The van der Waals surface area contributed by atoms with Crippen molar-refractivity contribution in [3.05, 3.63) is 0 Å². The summed E-state index contributed by atoms with van der Waals surface area (Å²) in [5.74, 6) is 3.70. The molecule has 0 unspecified atom stereocenters. The topological polar surface area (TPSA) is 40.5 Å². The minimum atomic E-state index is -0.571. The fourth-order valence-electron chi connectivity index (χ4n) is 8.62. The SMILES string of the molecule is C[C@H]1C[C@H]2N(C)C(=O)CC[C@]2(C)[C@H]2CC[C@]3(C)[C@@H](C(C)(C)O)CC[C@H]3[C@H]12. The second-order valence-corrected chi connectivity index (χ2v) is 11.4. The molecule has 0 aromatic rings. The molecule has 4 aliphatic rings. The zero-order valence-corrected chi connectivity index (χ0v) is 17.7. The first-order valence-electron chi connectivity index (χ1n) is 11.0. The molecule has 1 N–H and O–H groups in total. The van der Waals surface area contributed by atoms with Gasteiger partial charge < -0.3 is 10.0 Å². The Labute approximate surface area is 159 Å². The van der Waals surface area contributed by atoms with Crippen LogP contribution in [0.3, 0.4) is 0 Å². The van der Waals surface area contributed by atoms with E-state index >= 15 is 0 Å². The van der Waals surface area contributed by atoms with Crippen LogP contribution >= 0.6 is 0 Å². The van der Waals surface area contributed by atoms with Crippen molar-refractivity contribution in [2.24, 2.45) is 40.4 Å². The number of carbonyl (C=O) groups excluding carboxylic acids is 1. The summed E-state index contributed by atoms with van der Waals surface area (Å²) in [7, 11) is 2.05. The smallest absolute Gasteiger partial charge is 0.222 e. The maximum Gasteiger partial charge on any atom is 0.222 e. The second kappa shape index (κ2) is 5.72. The predicted molar refractivity (Wildman–Crippen MR) is 105 cm³/mol. The van der Waals surface area contributed by atoms with Gasteiger partial charge >= 0.3 is 0 Å². The number of rotatable bonds is 1. The van der Waals surface area contributed by atoms with Gasteiger partial charge in [0.15, 0.2) is 0 Å². The largest absolute Gasteiger partial charge is 0.390 e. The van der Waals surface area contributed by atoms with Gasteiger partial charge in [-0.25, -0.2) is 0 Å². The van der Waals surface area contributed by atoms with Gasteiger partial charge in [0.05, 0.1) is 5.60 Å². The molecule has 0 aromatic carbocycles. The number of piperidine rings is 1. The molecule has 0 radical (unpaired) electrons. The molecule has 4 rings (SSSR count). The summed E-state index contributed by atoms with van der Waals surface area (Å²) >= 11 is 0. The lowest BCUT2D eigenvalue weighted by molar-refractivity contribution is -0.171. The normalized spacial score (nSPS) is 51.7. The molecular weight excluding hydrogens is 322 g/mol. The molecule has 8 atom stereocenters. The standard InChI is InChI=1S/C23H39NO2/c1-14-13-18-23(5,12-10-19(25)24(18)6)16-9-11-22(4)15(20(14)16)7-8-17(22)21(2,3)26/h14-18,20,26H,7-13H2,1-6H3/t14-,15-,16-,17+,18+,20-,22-,23+/m0/s1. The highest BCUT2D eigenvalue weighted by atomic mass is 16.3. The average molecular weight is 362 g/mol. The van der Waals surface area contributed by atoms with Gasteiger partial charge in [-0.05, 0) is 92.8 Å². The van der Waals surface area contributed by atoms with E-state index in [2.05, 4.69) is 25.7 Å². The highest BCUT2D eigenvalue weighted by molar-refractivity contribution is 5.77. The van der Waals surface area contributed by atoms with Crippen molar-refractivity contribution in [1.82, 2.24) is 4.90 Å². The molecule has 1 aliphatic heterocycles. The zero-order valence-electron chi connectivity index (χ0n) is 17.7. The van der Waals surface area contributed by atoms with Crippen LogP contribution in [0.5, 0.6) is 0 Å². The van der Waals surface area contributed by atoms with Crippen molar-refractivity contribution < 1.29 is 9.90 Å². The maximum absolute atomic E-state index is 12.3. The van der Waals surface area contributed by atoms with Crippen molar-refractivity contribution in [2.45, 2.75) is 91.2 Å². The van der Waals surface area contributed by atoms with E-state index in [-0.39, 0.29) is 10.8 Å². The van der Waals surface area contributed by atoms with Crippen LogP contribution in [-0.2, 0) is 4.79 Å². The summed E-state index contributed by atoms with van der Waals surface area (Å²) in [5, 5.41) is 10.8. The van der Waals surface area contributed by atoms with Gasteiger partial charge in [-0.15, -0.1) is 0 Å². The predicted octanol–water partition coefficient (Wildman–Crippen LogP) is 4.48. The van der Waals surface area contributed by atoms with E-state index in [0.717, 1.165) is 30.6 Å². The highest BCUT2D eigenvalue weighted by Crippen LogP contribution is 2.68. The number of nitrogens with zero attached hydrogens (tertiary/aromatic N) is 1. The zero-order chi connectivity index (χ0) is 19.1. The van der Waals surface area contributed by atoms with Gasteiger partial charge in [-0.2, -0.15) is 0 Å². The lowest BCUT2D eigenvalue weighted by atomic mass is 9.44. The molecule has 0 aromatic heterocycles. The van der Waals surface area contributed by atoms with Crippen LogP contribution in [0.15, 0.2) is 0 Å². The lowest BCUT2D eigenvalue weighted by Gasteiger charge is -2.64. The number of likely N-dealkylation sites (tertiary alicyclic amines) is 1. The quantitative estimate of drug-likeness (QED) is 0.748. The Hall–Kier alpha value is -0.570. The Kier molecular flexibility index (Phi) is 4.13. The summed E-state index contributed by atoms with van der Waals surface area (Å²) in [6.07, 6.45) is 7.97. The molecule has 3 heteroatoms. The van der Waals surface area contributed by atoms with Crippen LogP contribution < -0.4 is 0 Å². The van der Waals surface area contributed by atoms with E-state index in [1.54, 1.807) is 0 Å². The first-order chi connectivity index (χ1) is 12.0. The number of aliphatic hydroxyl groups is 1. The van der Waals surface area contributed by atoms with E-state index in [1.165, 1.54) is 32.1 Å². The van der Waals surface area contributed by atoms with Crippen LogP contribution in [-0.4, -0.2) is 34.6 Å². The number of carbonyl (C=O) groups is 1. The third-order valence-electron chi connectivity index (χ3n) is 9.78. The molecule has 4 fully saturated rings. The summed E-state index contributed by atoms with van der Waals surface area (Å²) in [6, 6.07) is 0.427. The van der Waals surface area contributed by atoms with Crippen molar-refractivity contribution in [2.75, 3.05) is 7.05 Å². The molecule has 3 aliphatic carbocycles. The van der Waals surface area contributed by atoms with E-state index in [4.69, 9.17) is 0 Å². The summed E-state index contributed by atoms with van der Waals surface area (Å²) in [5.41, 5.74) is -0.000594.